The first-order valence-corrected chi connectivity index (χ1v) is 5.09. The van der Waals surface area contributed by atoms with Gasteiger partial charge in [0, 0.05) is 10.6 Å². The maximum atomic E-state index is 11.1. The van der Waals surface area contributed by atoms with Gasteiger partial charge in [-0.25, -0.2) is 0 Å². The lowest BCUT2D eigenvalue weighted by Gasteiger charge is -2.11. The van der Waals surface area contributed by atoms with Crippen molar-refractivity contribution in [3.05, 3.63) is 33.8 Å². The summed E-state index contributed by atoms with van der Waals surface area (Å²) in [6, 6.07) is 3.43. The molecule has 0 atom stereocenters. The summed E-state index contributed by atoms with van der Waals surface area (Å²) in [5.41, 5.74) is 7.89. The summed E-state index contributed by atoms with van der Waals surface area (Å²) in [4.78, 5) is 11.1. The van der Waals surface area contributed by atoms with Gasteiger partial charge in [0.05, 0.1) is 0 Å². The van der Waals surface area contributed by atoms with Crippen molar-refractivity contribution < 1.29 is 4.79 Å². The molecule has 0 radical (unpaired) electrons. The van der Waals surface area contributed by atoms with Gasteiger partial charge in [0.2, 0.25) is 5.91 Å². The van der Waals surface area contributed by atoms with E-state index in [1.807, 2.05) is 13.8 Å². The van der Waals surface area contributed by atoms with E-state index in [9.17, 15) is 4.79 Å². The van der Waals surface area contributed by atoms with Crippen molar-refractivity contribution in [2.45, 2.75) is 26.7 Å². The van der Waals surface area contributed by atoms with Crippen LogP contribution in [0.15, 0.2) is 12.1 Å². The first-order valence-electron chi connectivity index (χ1n) is 4.71. The van der Waals surface area contributed by atoms with E-state index in [2.05, 4.69) is 0 Å². The van der Waals surface area contributed by atoms with E-state index in [-0.39, 0.29) is 5.91 Å². The Hall–Kier alpha value is -1.02. The minimum absolute atomic E-state index is 0.381. The fraction of sp³-hybridized carbons (Fsp3) is 0.364. The first kappa shape index (κ1) is 11.1. The van der Waals surface area contributed by atoms with Crippen LogP contribution >= 0.6 is 11.6 Å². The van der Waals surface area contributed by atoms with Crippen LogP contribution in [0.25, 0.3) is 0 Å². The van der Waals surface area contributed by atoms with Crippen molar-refractivity contribution in [2.24, 2.45) is 5.73 Å². The molecule has 0 spiro atoms. The Balaban J connectivity index is 3.40. The molecule has 0 bridgehead atoms. The van der Waals surface area contributed by atoms with Gasteiger partial charge in [-0.15, -0.1) is 0 Å². The van der Waals surface area contributed by atoms with Crippen LogP contribution in [0.2, 0.25) is 5.02 Å². The first-order chi connectivity index (χ1) is 6.61. The Morgan fingerprint density at radius 1 is 1.29 bits per heavy atom. The molecular formula is C11H14ClNO. The number of carbonyl (C=O) groups excluding carboxylic acids is 1. The van der Waals surface area contributed by atoms with Gasteiger partial charge in [-0.2, -0.15) is 0 Å². The van der Waals surface area contributed by atoms with Gasteiger partial charge >= 0.3 is 0 Å². The highest BCUT2D eigenvalue weighted by atomic mass is 35.5. The van der Waals surface area contributed by atoms with Crippen molar-refractivity contribution in [3.63, 3.8) is 0 Å². The van der Waals surface area contributed by atoms with E-state index in [1.165, 1.54) is 0 Å². The normalized spacial score (nSPS) is 10.2. The summed E-state index contributed by atoms with van der Waals surface area (Å²) in [6.07, 6.45) is 1.60. The molecule has 0 saturated heterocycles. The van der Waals surface area contributed by atoms with Gasteiger partial charge < -0.3 is 5.73 Å². The lowest BCUT2D eigenvalue weighted by molar-refractivity contribution is 0.0999. The lowest BCUT2D eigenvalue weighted by atomic mass is 9.97. The second kappa shape index (κ2) is 4.47. The number of halogens is 1. The minimum Gasteiger partial charge on any atom is -0.366 e. The van der Waals surface area contributed by atoms with Gasteiger partial charge in [0.25, 0.3) is 0 Å². The fourth-order valence-electron chi connectivity index (χ4n) is 1.68. The van der Waals surface area contributed by atoms with Gasteiger partial charge in [-0.1, -0.05) is 25.4 Å². The van der Waals surface area contributed by atoms with E-state index in [0.717, 1.165) is 24.0 Å². The largest absolute Gasteiger partial charge is 0.366 e. The molecule has 1 amide bonds. The monoisotopic (exact) mass is 211 g/mol. The zero-order valence-corrected chi connectivity index (χ0v) is 9.19. The van der Waals surface area contributed by atoms with Crippen LogP contribution < -0.4 is 5.73 Å². The average molecular weight is 212 g/mol. The Bertz CT molecular complexity index is 361. The number of primary amides is 1. The van der Waals surface area contributed by atoms with Crippen LogP contribution in [0.1, 0.15) is 35.3 Å². The number of hydrogen-bond acceptors (Lipinski definition) is 1. The lowest BCUT2D eigenvalue weighted by Crippen LogP contribution is -2.15. The van der Waals surface area contributed by atoms with E-state index < -0.39 is 0 Å². The molecule has 0 aromatic heterocycles. The van der Waals surface area contributed by atoms with Crippen LogP contribution in [-0.4, -0.2) is 5.91 Å². The van der Waals surface area contributed by atoms with Crippen LogP contribution in [0.5, 0.6) is 0 Å². The highest BCUT2D eigenvalue weighted by molar-refractivity contribution is 6.31. The molecule has 0 unspecified atom stereocenters. The molecule has 0 heterocycles. The molecule has 76 valence electrons. The Morgan fingerprint density at radius 3 is 2.29 bits per heavy atom. The summed E-state index contributed by atoms with van der Waals surface area (Å²) < 4.78 is 0. The molecule has 3 heteroatoms. The van der Waals surface area contributed by atoms with E-state index in [0.29, 0.717) is 10.6 Å². The van der Waals surface area contributed by atoms with Crippen LogP contribution in [0.3, 0.4) is 0 Å². The predicted octanol–water partition coefficient (Wildman–Crippen LogP) is 2.56. The second-order valence-corrected chi connectivity index (χ2v) is 3.53. The molecule has 0 aliphatic carbocycles. The Morgan fingerprint density at radius 2 is 1.86 bits per heavy atom. The van der Waals surface area contributed by atoms with Gasteiger partial charge in [0.15, 0.2) is 0 Å². The molecule has 0 aliphatic rings. The van der Waals surface area contributed by atoms with Gasteiger partial charge in [0.1, 0.15) is 0 Å². The summed E-state index contributed by atoms with van der Waals surface area (Å²) in [5.74, 6) is -0.381. The van der Waals surface area contributed by atoms with Gasteiger partial charge in [-0.3, -0.25) is 4.79 Å². The second-order valence-electron chi connectivity index (χ2n) is 3.12. The highest BCUT2D eigenvalue weighted by Crippen LogP contribution is 2.24. The number of nitrogens with two attached hydrogens (primary N) is 1. The molecule has 0 saturated carbocycles. The molecule has 2 N–H and O–H groups in total. The van der Waals surface area contributed by atoms with Crippen molar-refractivity contribution in [1.82, 2.24) is 0 Å². The topological polar surface area (TPSA) is 43.1 Å². The number of benzene rings is 1. The summed E-state index contributed by atoms with van der Waals surface area (Å²) in [7, 11) is 0. The van der Waals surface area contributed by atoms with Crippen molar-refractivity contribution in [2.75, 3.05) is 0 Å². The zero-order chi connectivity index (χ0) is 10.7. The zero-order valence-electron chi connectivity index (χ0n) is 8.43. The minimum atomic E-state index is -0.381. The third-order valence-corrected chi connectivity index (χ3v) is 2.70. The van der Waals surface area contributed by atoms with Crippen LogP contribution in [0.4, 0.5) is 0 Å². The smallest absolute Gasteiger partial charge is 0.248 e. The van der Waals surface area contributed by atoms with Crippen molar-refractivity contribution >= 4 is 17.5 Å². The predicted molar refractivity (Wildman–Crippen MR) is 58.7 cm³/mol. The number of carbonyl (C=O) groups is 1. The maximum absolute atomic E-state index is 11.1. The Kier molecular flexibility index (Phi) is 3.53. The van der Waals surface area contributed by atoms with Crippen LogP contribution in [-0.2, 0) is 12.8 Å². The summed E-state index contributed by atoms with van der Waals surface area (Å²) in [6.45, 7) is 4.02. The molecule has 1 aromatic carbocycles. The number of amides is 1. The highest BCUT2D eigenvalue weighted by Gasteiger charge is 2.12. The summed E-state index contributed by atoms with van der Waals surface area (Å²) in [5, 5.41) is 0.717. The molecular weight excluding hydrogens is 198 g/mol. The molecule has 1 aromatic rings. The van der Waals surface area contributed by atoms with Gasteiger partial charge in [-0.05, 0) is 36.1 Å². The maximum Gasteiger partial charge on any atom is 0.248 e. The SMILES string of the molecule is CCc1c(Cl)ccc(C(N)=O)c1CC. The summed E-state index contributed by atoms with van der Waals surface area (Å²) >= 11 is 6.03. The molecule has 1 rings (SSSR count). The molecule has 0 aliphatic heterocycles. The Labute approximate surface area is 89.1 Å². The molecule has 0 fully saturated rings. The van der Waals surface area contributed by atoms with Crippen molar-refractivity contribution in [3.8, 4) is 0 Å². The van der Waals surface area contributed by atoms with E-state index in [4.69, 9.17) is 17.3 Å². The van der Waals surface area contributed by atoms with Crippen molar-refractivity contribution in [1.29, 1.82) is 0 Å². The fourth-order valence-corrected chi connectivity index (χ4v) is 1.99. The third kappa shape index (κ3) is 1.90. The van der Waals surface area contributed by atoms with Crippen LogP contribution in [0, 0.1) is 0 Å². The number of hydrogen-bond donors (Lipinski definition) is 1. The molecule has 14 heavy (non-hydrogen) atoms. The third-order valence-electron chi connectivity index (χ3n) is 2.35. The molecule has 2 nitrogen and oxygen atoms in total. The quantitative estimate of drug-likeness (QED) is 0.821. The average Bonchev–Trinajstić information content (AvgIpc) is 2.16. The van der Waals surface area contributed by atoms with E-state index in [1.54, 1.807) is 12.1 Å². The van der Waals surface area contributed by atoms with E-state index >= 15 is 0 Å². The standard InChI is InChI=1S/C11H14ClNO/c1-3-7-8(4-2)10(12)6-5-9(7)11(13)14/h5-6H,3-4H2,1-2H3,(H2,13,14). The number of rotatable bonds is 3.